The Morgan fingerprint density at radius 2 is 2.00 bits per heavy atom. The summed E-state index contributed by atoms with van der Waals surface area (Å²) in [5.41, 5.74) is 0.996. The molecule has 1 aliphatic rings. The molecule has 0 bridgehead atoms. The minimum Gasteiger partial charge on any atom is -0.297 e. The van der Waals surface area contributed by atoms with Crippen LogP contribution in [-0.4, -0.2) is 18.9 Å². The molecule has 0 aromatic carbocycles. The van der Waals surface area contributed by atoms with Crippen molar-refractivity contribution in [3.05, 3.63) is 40.8 Å². The van der Waals surface area contributed by atoms with Crippen molar-refractivity contribution in [1.29, 1.82) is 0 Å². The molecule has 2 heterocycles. The molecule has 5 heteroatoms. The fourth-order valence-electron chi connectivity index (χ4n) is 2.95. The minimum absolute atomic E-state index is 0.0374. The van der Waals surface area contributed by atoms with Gasteiger partial charge in [-0.2, -0.15) is 5.10 Å². The first-order valence-electron chi connectivity index (χ1n) is 7.46. The molecule has 1 saturated carbocycles. The van der Waals surface area contributed by atoms with Crippen molar-refractivity contribution in [2.45, 2.75) is 58.2 Å². The Kier molecular flexibility index (Phi) is 3.51. The van der Waals surface area contributed by atoms with Crippen LogP contribution in [0.2, 0.25) is 0 Å². The molecule has 2 aromatic heterocycles. The van der Waals surface area contributed by atoms with Crippen molar-refractivity contribution in [2.75, 3.05) is 0 Å². The van der Waals surface area contributed by atoms with E-state index in [9.17, 15) is 4.79 Å². The van der Waals surface area contributed by atoms with Gasteiger partial charge in [-0.1, -0.05) is 12.8 Å². The van der Waals surface area contributed by atoms with E-state index < -0.39 is 0 Å². The van der Waals surface area contributed by atoms with Crippen LogP contribution in [0.3, 0.4) is 0 Å². The molecular weight excluding hydrogens is 252 g/mol. The van der Waals surface area contributed by atoms with Gasteiger partial charge in [-0.3, -0.25) is 13.8 Å². The molecule has 1 aliphatic carbocycles. The molecule has 108 valence electrons. The van der Waals surface area contributed by atoms with Gasteiger partial charge in [-0.25, -0.2) is 4.79 Å². The Labute approximate surface area is 118 Å². The Bertz CT molecular complexity index is 628. The average Bonchev–Trinajstić information content (AvgIpc) is 3.12. The van der Waals surface area contributed by atoms with Crippen molar-refractivity contribution in [3.63, 3.8) is 0 Å². The Morgan fingerprint density at radius 1 is 1.25 bits per heavy atom. The zero-order valence-electron chi connectivity index (χ0n) is 12.2. The summed E-state index contributed by atoms with van der Waals surface area (Å²) < 4.78 is 5.54. The van der Waals surface area contributed by atoms with E-state index in [2.05, 4.69) is 16.0 Å². The number of nitrogens with zero attached hydrogens (tertiary/aromatic N) is 4. The SMILES string of the molecule is CC(C)n1ccn(Cc2ccn(C3CCCC3)n2)c1=O. The van der Waals surface area contributed by atoms with E-state index in [-0.39, 0.29) is 11.7 Å². The molecule has 0 aliphatic heterocycles. The van der Waals surface area contributed by atoms with Gasteiger partial charge < -0.3 is 0 Å². The lowest BCUT2D eigenvalue weighted by Crippen LogP contribution is -2.25. The number of aromatic nitrogens is 4. The highest BCUT2D eigenvalue weighted by atomic mass is 16.1. The first-order valence-corrected chi connectivity index (χ1v) is 7.46. The van der Waals surface area contributed by atoms with Gasteiger partial charge >= 0.3 is 5.69 Å². The van der Waals surface area contributed by atoms with Gasteiger partial charge in [0.05, 0.1) is 18.3 Å². The Hall–Kier alpha value is -1.78. The number of hydrogen-bond acceptors (Lipinski definition) is 2. The molecule has 0 amide bonds. The van der Waals surface area contributed by atoms with E-state index >= 15 is 0 Å². The Morgan fingerprint density at radius 3 is 2.65 bits per heavy atom. The van der Waals surface area contributed by atoms with Crippen molar-refractivity contribution in [1.82, 2.24) is 18.9 Å². The number of rotatable bonds is 4. The van der Waals surface area contributed by atoms with Crippen molar-refractivity contribution in [2.24, 2.45) is 0 Å². The van der Waals surface area contributed by atoms with E-state index in [0.29, 0.717) is 12.6 Å². The predicted molar refractivity (Wildman–Crippen MR) is 77.9 cm³/mol. The van der Waals surface area contributed by atoms with E-state index in [4.69, 9.17) is 0 Å². The zero-order valence-corrected chi connectivity index (χ0v) is 12.2. The second-order valence-corrected chi connectivity index (χ2v) is 5.94. The summed E-state index contributed by atoms with van der Waals surface area (Å²) in [6, 6.07) is 2.78. The van der Waals surface area contributed by atoms with Gasteiger partial charge in [0.1, 0.15) is 0 Å². The highest BCUT2D eigenvalue weighted by molar-refractivity contribution is 5.02. The molecule has 5 nitrogen and oxygen atoms in total. The quantitative estimate of drug-likeness (QED) is 0.860. The van der Waals surface area contributed by atoms with E-state index in [1.807, 2.05) is 32.3 Å². The van der Waals surface area contributed by atoms with Crippen molar-refractivity contribution < 1.29 is 0 Å². The minimum atomic E-state index is 0.0374. The zero-order chi connectivity index (χ0) is 14.1. The monoisotopic (exact) mass is 274 g/mol. The van der Waals surface area contributed by atoms with Crippen LogP contribution >= 0.6 is 0 Å². The molecule has 2 aromatic rings. The molecule has 0 saturated heterocycles. The lowest BCUT2D eigenvalue weighted by Gasteiger charge is -2.08. The smallest absolute Gasteiger partial charge is 0.297 e. The van der Waals surface area contributed by atoms with Crippen LogP contribution in [0.4, 0.5) is 0 Å². The van der Waals surface area contributed by atoms with Crippen molar-refractivity contribution in [3.8, 4) is 0 Å². The van der Waals surface area contributed by atoms with Gasteiger partial charge in [0.15, 0.2) is 0 Å². The van der Waals surface area contributed by atoms with E-state index in [1.165, 1.54) is 25.7 Å². The number of hydrogen-bond donors (Lipinski definition) is 0. The largest absolute Gasteiger partial charge is 0.328 e. The molecule has 0 unspecified atom stereocenters. The third-order valence-electron chi connectivity index (χ3n) is 4.12. The average molecular weight is 274 g/mol. The maximum atomic E-state index is 12.2. The first kappa shape index (κ1) is 13.2. The van der Waals surface area contributed by atoms with Crippen LogP contribution in [0.15, 0.2) is 29.5 Å². The summed E-state index contributed by atoms with van der Waals surface area (Å²) in [6.45, 7) is 4.58. The molecule has 20 heavy (non-hydrogen) atoms. The second kappa shape index (κ2) is 5.31. The lowest BCUT2D eigenvalue weighted by molar-refractivity contribution is 0.461. The summed E-state index contributed by atoms with van der Waals surface area (Å²) >= 11 is 0. The van der Waals surface area contributed by atoms with E-state index in [1.54, 1.807) is 9.13 Å². The van der Waals surface area contributed by atoms with Crippen LogP contribution in [0.5, 0.6) is 0 Å². The maximum Gasteiger partial charge on any atom is 0.328 e. The summed E-state index contributed by atoms with van der Waals surface area (Å²) in [6.07, 6.45) is 10.8. The maximum absolute atomic E-state index is 12.2. The molecule has 3 rings (SSSR count). The van der Waals surface area contributed by atoms with Gasteiger partial charge in [0.2, 0.25) is 0 Å². The lowest BCUT2D eigenvalue weighted by atomic mass is 10.3. The third kappa shape index (κ3) is 2.44. The molecule has 0 radical (unpaired) electrons. The van der Waals surface area contributed by atoms with Gasteiger partial charge in [0.25, 0.3) is 0 Å². The van der Waals surface area contributed by atoms with E-state index in [0.717, 1.165) is 5.69 Å². The number of imidazole rings is 1. The van der Waals surface area contributed by atoms with Crippen LogP contribution in [0, 0.1) is 0 Å². The normalized spacial score (nSPS) is 16.4. The van der Waals surface area contributed by atoms with Crippen molar-refractivity contribution >= 4 is 0 Å². The van der Waals surface area contributed by atoms with Crippen LogP contribution in [-0.2, 0) is 6.54 Å². The molecular formula is C15H22N4O. The molecule has 1 fully saturated rings. The van der Waals surface area contributed by atoms with Gasteiger partial charge in [-0.05, 0) is 32.8 Å². The van der Waals surface area contributed by atoms with Gasteiger partial charge in [-0.15, -0.1) is 0 Å². The molecule has 0 spiro atoms. The fourth-order valence-corrected chi connectivity index (χ4v) is 2.95. The second-order valence-electron chi connectivity index (χ2n) is 5.94. The van der Waals surface area contributed by atoms with Crippen LogP contribution in [0.1, 0.15) is 57.3 Å². The highest BCUT2D eigenvalue weighted by Gasteiger charge is 2.17. The summed E-state index contributed by atoms with van der Waals surface area (Å²) in [5, 5.41) is 4.63. The van der Waals surface area contributed by atoms with Gasteiger partial charge in [0, 0.05) is 24.6 Å². The summed E-state index contributed by atoms with van der Waals surface area (Å²) in [4.78, 5) is 12.2. The van der Waals surface area contributed by atoms with Crippen LogP contribution < -0.4 is 5.69 Å². The highest BCUT2D eigenvalue weighted by Crippen LogP contribution is 2.28. The molecule has 0 N–H and O–H groups in total. The fraction of sp³-hybridized carbons (Fsp3) is 0.600. The van der Waals surface area contributed by atoms with Crippen LogP contribution in [0.25, 0.3) is 0 Å². The third-order valence-corrected chi connectivity index (χ3v) is 4.12. The Balaban J connectivity index is 1.76. The standard InChI is InChI=1S/C15H22N4O/c1-12(2)18-10-9-17(15(18)20)11-13-7-8-19(16-13)14-5-3-4-6-14/h7-10,12,14H,3-6,11H2,1-2H3. The summed E-state index contributed by atoms with van der Waals surface area (Å²) in [5.74, 6) is 0. The predicted octanol–water partition coefficient (Wildman–Crippen LogP) is 2.59. The topological polar surface area (TPSA) is 44.8 Å². The first-order chi connectivity index (χ1) is 9.65. The summed E-state index contributed by atoms with van der Waals surface area (Å²) in [7, 11) is 0. The molecule has 0 atom stereocenters.